The molecule has 0 radical (unpaired) electrons. The van der Waals surface area contributed by atoms with Crippen LogP contribution in [-0.4, -0.2) is 30.5 Å². The van der Waals surface area contributed by atoms with Gasteiger partial charge in [0.1, 0.15) is 0 Å². The van der Waals surface area contributed by atoms with Crippen molar-refractivity contribution in [3.8, 4) is 0 Å². The van der Waals surface area contributed by atoms with Crippen molar-refractivity contribution in [3.63, 3.8) is 0 Å². The number of allylic oxidation sites excluding steroid dienone is 1. The fraction of sp³-hybridized carbons (Fsp3) is 0.533. The van der Waals surface area contributed by atoms with Gasteiger partial charge in [-0.3, -0.25) is 0 Å². The molecule has 0 spiro atoms. The predicted molar refractivity (Wildman–Crippen MR) is 160 cm³/mol. The first-order valence-corrected chi connectivity index (χ1v) is 17.1. The zero-order chi connectivity index (χ0) is 24.9. The number of benzene rings is 2. The molecule has 0 bridgehead atoms. The summed E-state index contributed by atoms with van der Waals surface area (Å²) in [5.74, 6) is 2.22. The van der Waals surface area contributed by atoms with Crippen LogP contribution in [0.1, 0.15) is 73.6 Å². The summed E-state index contributed by atoms with van der Waals surface area (Å²) in [6, 6.07) is 22.2. The maximum absolute atomic E-state index is 7.62. The van der Waals surface area contributed by atoms with E-state index >= 15 is 0 Å². The molecule has 0 aliphatic rings. The normalized spacial score (nSPS) is 13.6. The Labute approximate surface area is 219 Å². The van der Waals surface area contributed by atoms with Crippen molar-refractivity contribution in [2.24, 2.45) is 0 Å². The third-order valence-electron chi connectivity index (χ3n) is 6.22. The molecule has 0 saturated carbocycles. The zero-order valence-electron chi connectivity index (χ0n) is 22.3. The van der Waals surface area contributed by atoms with Crippen LogP contribution >= 0.6 is 23.5 Å². The average Bonchev–Trinajstić information content (AvgIpc) is 2.83. The molecular weight excluding hydrogens is 469 g/mol. The summed E-state index contributed by atoms with van der Waals surface area (Å²) < 4.78 is 8.04. The highest BCUT2D eigenvalue weighted by molar-refractivity contribution is 8.17. The molecule has 0 aromatic heterocycles. The third kappa shape index (κ3) is 8.04. The van der Waals surface area contributed by atoms with Crippen LogP contribution in [0.15, 0.2) is 72.8 Å². The monoisotopic (exact) mass is 514 g/mol. The molecule has 0 aliphatic heterocycles. The van der Waals surface area contributed by atoms with Gasteiger partial charge in [0.05, 0.1) is 10.7 Å². The van der Waals surface area contributed by atoms with Crippen LogP contribution in [0.5, 0.6) is 0 Å². The summed E-state index contributed by atoms with van der Waals surface area (Å²) >= 11 is 4.10. The van der Waals surface area contributed by atoms with E-state index in [4.69, 9.17) is 4.43 Å². The van der Waals surface area contributed by atoms with E-state index < -0.39 is 8.32 Å². The quantitative estimate of drug-likeness (QED) is 0.102. The first kappa shape index (κ1) is 29.3. The third-order valence-corrected chi connectivity index (χ3v) is 14.0. The van der Waals surface area contributed by atoms with Gasteiger partial charge in [-0.15, -0.1) is 23.5 Å². The van der Waals surface area contributed by atoms with Gasteiger partial charge < -0.3 is 4.43 Å². The second kappa shape index (κ2) is 15.2. The summed E-state index contributed by atoms with van der Waals surface area (Å²) in [5, 5.41) is 2.73. The van der Waals surface area contributed by atoms with Crippen molar-refractivity contribution in [1.29, 1.82) is 0 Å². The lowest BCUT2D eigenvalue weighted by molar-refractivity contribution is 0.207. The molecule has 0 heterocycles. The Morgan fingerprint density at radius 2 is 1.32 bits per heavy atom. The lowest BCUT2D eigenvalue weighted by atomic mass is 10.2. The Hall–Kier alpha value is -0.943. The number of unbranched alkanes of at least 4 members (excludes halogenated alkanes) is 3. The lowest BCUT2D eigenvalue weighted by Gasteiger charge is -2.46. The molecular formula is C30H46OS2Si. The van der Waals surface area contributed by atoms with Gasteiger partial charge in [0.15, 0.2) is 0 Å². The number of hydrogen-bond acceptors (Lipinski definition) is 3. The lowest BCUT2D eigenvalue weighted by Crippen LogP contribution is -2.68. The fourth-order valence-corrected chi connectivity index (χ4v) is 12.1. The Bertz CT molecular complexity index is 771. The first-order valence-electron chi connectivity index (χ1n) is 13.1. The highest BCUT2D eigenvalue weighted by Crippen LogP contribution is 2.40. The number of hydrogen-bond donors (Lipinski definition) is 0. The van der Waals surface area contributed by atoms with Crippen LogP contribution in [0.2, 0.25) is 5.04 Å². The van der Waals surface area contributed by atoms with Gasteiger partial charge >= 0.3 is 0 Å². The molecule has 0 N–H and O–H groups in total. The summed E-state index contributed by atoms with van der Waals surface area (Å²) in [4.78, 5) is 0. The van der Waals surface area contributed by atoms with Gasteiger partial charge in [0.2, 0.25) is 0 Å². The molecule has 34 heavy (non-hydrogen) atoms. The van der Waals surface area contributed by atoms with Gasteiger partial charge in [0.25, 0.3) is 8.32 Å². The number of rotatable bonds is 15. The second-order valence-corrected chi connectivity index (χ2v) is 17.2. The van der Waals surface area contributed by atoms with Crippen LogP contribution in [0, 0.1) is 0 Å². The van der Waals surface area contributed by atoms with E-state index in [0.29, 0.717) is 4.58 Å². The van der Waals surface area contributed by atoms with E-state index in [1.54, 1.807) is 0 Å². The summed E-state index contributed by atoms with van der Waals surface area (Å²) in [6.07, 6.45) is 11.0. The van der Waals surface area contributed by atoms with Crippen molar-refractivity contribution in [3.05, 3.63) is 72.8 Å². The van der Waals surface area contributed by atoms with E-state index in [1.165, 1.54) is 36.1 Å². The van der Waals surface area contributed by atoms with Crippen molar-refractivity contribution in [2.45, 2.75) is 89.4 Å². The predicted octanol–water partition coefficient (Wildman–Crippen LogP) is 8.29. The van der Waals surface area contributed by atoms with Crippen molar-refractivity contribution in [1.82, 2.24) is 0 Å². The molecule has 2 aromatic carbocycles. The average molecular weight is 515 g/mol. The first-order chi connectivity index (χ1) is 16.4. The Balaban J connectivity index is 2.54. The van der Waals surface area contributed by atoms with E-state index in [9.17, 15) is 0 Å². The molecule has 4 heteroatoms. The maximum atomic E-state index is 7.62. The molecule has 188 valence electrons. The van der Waals surface area contributed by atoms with Crippen molar-refractivity contribution < 1.29 is 4.43 Å². The molecule has 0 amide bonds. The molecule has 0 unspecified atom stereocenters. The molecule has 0 fully saturated rings. The van der Waals surface area contributed by atoms with Crippen LogP contribution in [0.4, 0.5) is 0 Å². The van der Waals surface area contributed by atoms with Gasteiger partial charge in [0, 0.05) is 0 Å². The largest absolute Gasteiger partial charge is 0.402 e. The van der Waals surface area contributed by atoms with Crippen molar-refractivity contribution >= 4 is 42.2 Å². The summed E-state index contributed by atoms with van der Waals surface area (Å²) in [6.45, 7) is 14.0. The minimum atomic E-state index is -2.57. The summed E-state index contributed by atoms with van der Waals surface area (Å²) in [5.41, 5.74) is 0. The van der Waals surface area contributed by atoms with Crippen LogP contribution < -0.4 is 10.4 Å². The van der Waals surface area contributed by atoms with Crippen LogP contribution in [-0.2, 0) is 4.43 Å². The molecule has 0 saturated heterocycles. The van der Waals surface area contributed by atoms with Gasteiger partial charge in [-0.05, 0) is 46.2 Å². The van der Waals surface area contributed by atoms with E-state index in [2.05, 4.69) is 114 Å². The Morgan fingerprint density at radius 1 is 0.794 bits per heavy atom. The number of thioether (sulfide) groups is 2. The molecule has 2 aromatic rings. The topological polar surface area (TPSA) is 9.23 Å². The molecule has 2 rings (SSSR count). The highest BCUT2D eigenvalue weighted by Gasteiger charge is 2.52. The SMILES string of the molecule is CCCCC/C=C\C[C@@H](O[Si](c1ccccc1)(c1ccccc1)C(C)(C)C)C(SCC)SCC. The van der Waals surface area contributed by atoms with Crippen LogP contribution in [0.3, 0.4) is 0 Å². The minimum Gasteiger partial charge on any atom is -0.402 e. The Morgan fingerprint density at radius 3 is 1.76 bits per heavy atom. The molecule has 0 aliphatic carbocycles. The maximum Gasteiger partial charge on any atom is 0.261 e. The van der Waals surface area contributed by atoms with Gasteiger partial charge in [-0.1, -0.05) is 127 Å². The molecule has 1 nitrogen and oxygen atoms in total. The summed E-state index contributed by atoms with van der Waals surface area (Å²) in [7, 11) is -2.57. The fourth-order valence-electron chi connectivity index (χ4n) is 4.58. The van der Waals surface area contributed by atoms with E-state index in [0.717, 1.165) is 17.9 Å². The smallest absolute Gasteiger partial charge is 0.261 e. The van der Waals surface area contributed by atoms with Crippen LogP contribution in [0.25, 0.3) is 0 Å². The highest BCUT2D eigenvalue weighted by atomic mass is 32.2. The van der Waals surface area contributed by atoms with Gasteiger partial charge in [-0.25, -0.2) is 0 Å². The molecule has 1 atom stereocenters. The zero-order valence-corrected chi connectivity index (χ0v) is 24.9. The second-order valence-electron chi connectivity index (χ2n) is 9.80. The standard InChI is InChI=1S/C30H46OS2Si/c1-7-10-11-12-13-20-25-28(29(32-8-2)33-9-3)31-34(30(4,5)6,26-21-16-14-17-22-26)27-23-18-15-19-24-27/h13-24,28-29H,7-12,25H2,1-6H3/b20-13-/t28-/m1/s1. The van der Waals surface area contributed by atoms with E-state index in [-0.39, 0.29) is 11.1 Å². The Kier molecular flexibility index (Phi) is 13.1. The minimum absolute atomic E-state index is 0.00287. The van der Waals surface area contributed by atoms with Crippen molar-refractivity contribution in [2.75, 3.05) is 11.5 Å². The van der Waals surface area contributed by atoms with Gasteiger partial charge in [-0.2, -0.15) is 0 Å². The van der Waals surface area contributed by atoms with E-state index in [1.807, 2.05) is 23.5 Å².